The van der Waals surface area contributed by atoms with Crippen molar-refractivity contribution in [3.05, 3.63) is 76.2 Å². The first-order valence-corrected chi connectivity index (χ1v) is 13.4. The van der Waals surface area contributed by atoms with Crippen molar-refractivity contribution in [2.45, 2.75) is 78.6 Å². The molecule has 8 nitrogen and oxygen atoms in total. The Morgan fingerprint density at radius 2 is 1.87 bits per heavy atom. The zero-order valence-corrected chi connectivity index (χ0v) is 23.3. The van der Waals surface area contributed by atoms with E-state index in [0.717, 1.165) is 36.0 Å². The van der Waals surface area contributed by atoms with Gasteiger partial charge in [0.05, 0.1) is 5.52 Å². The number of ether oxygens (including phenoxy) is 1. The van der Waals surface area contributed by atoms with Crippen LogP contribution in [0.3, 0.4) is 0 Å². The summed E-state index contributed by atoms with van der Waals surface area (Å²) in [5, 5.41) is 0. The Hall–Kier alpha value is -3.55. The van der Waals surface area contributed by atoms with Crippen LogP contribution in [0.15, 0.2) is 59.2 Å². The predicted octanol–water partition coefficient (Wildman–Crippen LogP) is 4.80. The fourth-order valence-corrected chi connectivity index (χ4v) is 6.08. The summed E-state index contributed by atoms with van der Waals surface area (Å²) < 4.78 is 9.53. The number of hydrogen-bond donors (Lipinski definition) is 1. The quantitative estimate of drug-likeness (QED) is 0.525. The molecule has 3 heterocycles. The highest BCUT2D eigenvalue weighted by Gasteiger charge is 2.47. The highest BCUT2D eigenvalue weighted by molar-refractivity contribution is 5.91. The molecule has 3 aromatic rings. The number of rotatable bonds is 5. The maximum absolute atomic E-state index is 13.1. The van der Waals surface area contributed by atoms with Crippen molar-refractivity contribution in [3.8, 4) is 0 Å². The number of amides is 1. The van der Waals surface area contributed by atoms with E-state index >= 15 is 0 Å². The van der Waals surface area contributed by atoms with Crippen molar-refractivity contribution in [1.82, 2.24) is 19.0 Å². The van der Waals surface area contributed by atoms with Crippen LogP contribution in [0.1, 0.15) is 77.3 Å². The molecule has 1 aliphatic carbocycles. The second kappa shape index (κ2) is 9.33. The van der Waals surface area contributed by atoms with Crippen LogP contribution in [0, 0.1) is 10.8 Å². The Balaban J connectivity index is 1.51. The minimum absolute atomic E-state index is 0.000453. The van der Waals surface area contributed by atoms with E-state index in [1.54, 1.807) is 11.6 Å². The number of carbonyl (C=O) groups is 1. The van der Waals surface area contributed by atoms with E-state index in [1.807, 2.05) is 41.0 Å². The van der Waals surface area contributed by atoms with Gasteiger partial charge in [0, 0.05) is 36.8 Å². The molecule has 2 N–H and O–H groups in total. The Kier molecular flexibility index (Phi) is 6.40. The first-order valence-electron chi connectivity index (χ1n) is 13.4. The molecule has 0 spiro atoms. The summed E-state index contributed by atoms with van der Waals surface area (Å²) in [6.07, 6.45) is 3.82. The molecule has 0 bridgehead atoms. The lowest BCUT2D eigenvalue weighted by Crippen LogP contribution is -2.50. The van der Waals surface area contributed by atoms with Gasteiger partial charge >= 0.3 is 5.69 Å². The van der Waals surface area contributed by atoms with Crippen molar-refractivity contribution >= 4 is 17.1 Å². The van der Waals surface area contributed by atoms with Crippen LogP contribution >= 0.6 is 0 Å². The molecule has 202 valence electrons. The van der Waals surface area contributed by atoms with Gasteiger partial charge in [0.15, 0.2) is 11.9 Å². The summed E-state index contributed by atoms with van der Waals surface area (Å²) in [6.45, 7) is 11.5. The van der Waals surface area contributed by atoms with Gasteiger partial charge in [0.1, 0.15) is 12.0 Å². The maximum Gasteiger partial charge on any atom is 0.330 e. The van der Waals surface area contributed by atoms with E-state index in [4.69, 9.17) is 15.5 Å². The van der Waals surface area contributed by atoms with E-state index in [9.17, 15) is 9.59 Å². The number of imidazole rings is 1. The Labute approximate surface area is 224 Å². The first kappa shape index (κ1) is 26.1. The fraction of sp³-hybridized carbons (Fsp3) is 0.500. The second-order valence-electron chi connectivity index (χ2n) is 12.7. The Morgan fingerprint density at radius 3 is 2.53 bits per heavy atom. The number of aryl methyl sites for hydroxylation is 1. The van der Waals surface area contributed by atoms with Crippen molar-refractivity contribution in [2.24, 2.45) is 23.6 Å². The van der Waals surface area contributed by atoms with E-state index < -0.39 is 12.1 Å². The first-order chi connectivity index (χ1) is 17.9. The molecule has 38 heavy (non-hydrogen) atoms. The topological polar surface area (TPSA) is 95.4 Å². The molecule has 1 amide bonds. The van der Waals surface area contributed by atoms with Gasteiger partial charge in [-0.05, 0) is 42.2 Å². The fourth-order valence-electron chi connectivity index (χ4n) is 6.08. The zero-order valence-electron chi connectivity index (χ0n) is 23.3. The molecule has 1 saturated carbocycles. The number of carbonyl (C=O) groups excluding carboxylic acids is 1. The van der Waals surface area contributed by atoms with E-state index in [1.165, 1.54) is 6.26 Å². The largest absolute Gasteiger partial charge is 0.471 e. The highest BCUT2D eigenvalue weighted by Crippen LogP contribution is 2.49. The monoisotopic (exact) mass is 517 g/mol. The molecule has 1 aromatic carbocycles. The van der Waals surface area contributed by atoms with Gasteiger partial charge in [-0.2, -0.15) is 0 Å². The summed E-state index contributed by atoms with van der Waals surface area (Å²) in [4.78, 5) is 32.7. The van der Waals surface area contributed by atoms with Gasteiger partial charge in [0.2, 0.25) is 0 Å². The molecule has 2 aromatic heterocycles. The third kappa shape index (κ3) is 4.61. The summed E-state index contributed by atoms with van der Waals surface area (Å²) in [5.74, 6) is -0.319. The predicted molar refractivity (Wildman–Crippen MR) is 148 cm³/mol. The van der Waals surface area contributed by atoms with E-state index in [-0.39, 0.29) is 28.5 Å². The molecule has 5 rings (SSSR count). The average molecular weight is 518 g/mol. The number of benzene rings is 1. The minimum atomic E-state index is -0.490. The lowest BCUT2D eigenvalue weighted by molar-refractivity contribution is -0.118. The number of primary amides is 1. The van der Waals surface area contributed by atoms with Crippen molar-refractivity contribution in [2.75, 3.05) is 0 Å². The second-order valence-corrected chi connectivity index (χ2v) is 12.7. The lowest BCUT2D eigenvalue weighted by atomic mass is 9.67. The number of nitrogens with zero attached hydrogens (tertiary/aromatic N) is 4. The van der Waals surface area contributed by atoms with Crippen LogP contribution in [0.2, 0.25) is 0 Å². The van der Waals surface area contributed by atoms with Crippen LogP contribution in [-0.2, 0) is 23.1 Å². The van der Waals surface area contributed by atoms with Crippen LogP contribution in [0.25, 0.3) is 11.2 Å². The number of nitrogens with two attached hydrogens (primary N) is 1. The van der Waals surface area contributed by atoms with Crippen LogP contribution in [-0.4, -0.2) is 31.0 Å². The van der Waals surface area contributed by atoms with Gasteiger partial charge in [-0.1, -0.05) is 65.0 Å². The number of aromatic nitrogens is 3. The molecular weight excluding hydrogens is 478 g/mol. The molecule has 1 aliphatic heterocycles. The summed E-state index contributed by atoms with van der Waals surface area (Å²) >= 11 is 0. The molecule has 3 atom stereocenters. The Bertz CT molecular complexity index is 1440. The van der Waals surface area contributed by atoms with Crippen LogP contribution in [0.5, 0.6) is 0 Å². The standard InChI is InChI=1S/C30H39N5O3/c1-29(2,3)18-34-22-13-12-21(32-26(22)33(6)28(34)37)20-14-15-30(4,5)24(16-20)35-23(25(31)36)17-38-27(35)19-10-8-7-9-11-19/h7-13,17,20,24,27H,14-16,18H2,1-6H3,(H2,31,36). The van der Waals surface area contributed by atoms with E-state index in [0.29, 0.717) is 17.9 Å². The maximum atomic E-state index is 13.1. The Morgan fingerprint density at radius 1 is 1.16 bits per heavy atom. The summed E-state index contributed by atoms with van der Waals surface area (Å²) in [6, 6.07) is 14.1. The van der Waals surface area contributed by atoms with Gasteiger partial charge < -0.3 is 15.4 Å². The zero-order chi connectivity index (χ0) is 27.4. The molecule has 0 radical (unpaired) electrons. The van der Waals surface area contributed by atoms with Gasteiger partial charge in [-0.15, -0.1) is 0 Å². The van der Waals surface area contributed by atoms with Gasteiger partial charge in [-0.25, -0.2) is 9.78 Å². The van der Waals surface area contributed by atoms with Crippen LogP contribution in [0.4, 0.5) is 0 Å². The average Bonchev–Trinajstić information content (AvgIpc) is 3.39. The third-order valence-corrected chi connectivity index (χ3v) is 8.11. The highest BCUT2D eigenvalue weighted by atomic mass is 16.5. The summed E-state index contributed by atoms with van der Waals surface area (Å²) in [7, 11) is 1.79. The van der Waals surface area contributed by atoms with Crippen molar-refractivity contribution in [3.63, 3.8) is 0 Å². The van der Waals surface area contributed by atoms with Crippen LogP contribution < -0.4 is 11.4 Å². The molecular formula is C30H39N5O3. The van der Waals surface area contributed by atoms with Gasteiger partial charge in [-0.3, -0.25) is 13.9 Å². The molecule has 2 aliphatic rings. The van der Waals surface area contributed by atoms with E-state index in [2.05, 4.69) is 45.6 Å². The molecule has 0 saturated heterocycles. The minimum Gasteiger partial charge on any atom is -0.471 e. The number of fused-ring (bicyclic) bond motifs is 1. The smallest absolute Gasteiger partial charge is 0.330 e. The van der Waals surface area contributed by atoms with Crippen molar-refractivity contribution < 1.29 is 9.53 Å². The number of hydrogen-bond acceptors (Lipinski definition) is 5. The molecule has 1 fully saturated rings. The molecule has 3 unspecified atom stereocenters. The third-order valence-electron chi connectivity index (χ3n) is 8.11. The van der Waals surface area contributed by atoms with Crippen molar-refractivity contribution in [1.29, 1.82) is 0 Å². The summed E-state index contributed by atoms with van der Waals surface area (Å²) in [5.41, 5.74) is 9.61. The normalized spacial score (nSPS) is 23.4. The SMILES string of the molecule is Cn1c(=O)n(CC(C)(C)C)c2ccc(C3CCC(C)(C)C(N4C(C(N)=O)=COC4c4ccccc4)C3)nc21. The molecule has 8 heteroatoms. The van der Waals surface area contributed by atoms with Gasteiger partial charge in [0.25, 0.3) is 5.91 Å². The lowest BCUT2D eigenvalue weighted by Gasteiger charge is -2.48. The number of pyridine rings is 1.